The van der Waals surface area contributed by atoms with E-state index in [1.807, 2.05) is 0 Å². The maximum absolute atomic E-state index is 12.1. The Labute approximate surface area is 129 Å². The minimum absolute atomic E-state index is 0.0121. The maximum Gasteiger partial charge on any atom is 0.326 e. The summed E-state index contributed by atoms with van der Waals surface area (Å²) in [5.74, 6) is -0.296. The number of rotatable bonds is 9. The molecular formula is C16H21NO5. The van der Waals surface area contributed by atoms with E-state index < -0.39 is 12.0 Å². The molecule has 0 aliphatic rings. The molecule has 0 saturated carbocycles. The van der Waals surface area contributed by atoms with Gasteiger partial charge in [0.25, 0.3) is 0 Å². The van der Waals surface area contributed by atoms with Crippen LogP contribution in [0.1, 0.15) is 18.4 Å². The minimum atomic E-state index is -1.06. The highest BCUT2D eigenvalue weighted by Crippen LogP contribution is 2.24. The van der Waals surface area contributed by atoms with Gasteiger partial charge in [0.2, 0.25) is 5.91 Å². The summed E-state index contributed by atoms with van der Waals surface area (Å²) in [6, 6.07) is 4.19. The van der Waals surface area contributed by atoms with Crippen LogP contribution in [0, 0.1) is 0 Å². The van der Waals surface area contributed by atoms with Crippen LogP contribution in [0.5, 0.6) is 11.5 Å². The van der Waals surface area contributed by atoms with E-state index in [1.54, 1.807) is 24.3 Å². The molecule has 22 heavy (non-hydrogen) atoms. The van der Waals surface area contributed by atoms with Crippen molar-refractivity contribution in [1.29, 1.82) is 0 Å². The predicted molar refractivity (Wildman–Crippen MR) is 82.2 cm³/mol. The second-order valence-electron chi connectivity index (χ2n) is 4.68. The summed E-state index contributed by atoms with van der Waals surface area (Å²) in [7, 11) is 3.04. The van der Waals surface area contributed by atoms with Crippen LogP contribution in [0.4, 0.5) is 0 Å². The third-order valence-corrected chi connectivity index (χ3v) is 3.13. The number of nitrogens with one attached hydrogen (secondary N) is 1. The van der Waals surface area contributed by atoms with Gasteiger partial charge in [-0.2, -0.15) is 0 Å². The number of ether oxygens (including phenoxy) is 2. The molecule has 0 radical (unpaired) electrons. The SMILES string of the molecule is C=CCCC(NC(=O)Cc1cc(OC)ccc1OC)C(=O)O. The molecule has 0 bridgehead atoms. The Balaban J connectivity index is 2.78. The van der Waals surface area contributed by atoms with Crippen molar-refractivity contribution in [3.05, 3.63) is 36.4 Å². The lowest BCUT2D eigenvalue weighted by Crippen LogP contribution is -2.41. The van der Waals surface area contributed by atoms with E-state index in [-0.39, 0.29) is 12.3 Å². The molecule has 0 spiro atoms. The quantitative estimate of drug-likeness (QED) is 0.679. The molecule has 0 aliphatic carbocycles. The largest absolute Gasteiger partial charge is 0.497 e. The van der Waals surface area contributed by atoms with Crippen molar-refractivity contribution in [3.8, 4) is 11.5 Å². The molecule has 0 heterocycles. The molecule has 1 aromatic carbocycles. The fourth-order valence-electron chi connectivity index (χ4n) is 1.98. The highest BCUT2D eigenvalue weighted by atomic mass is 16.5. The molecule has 0 saturated heterocycles. The predicted octanol–water partition coefficient (Wildman–Crippen LogP) is 1.78. The second-order valence-corrected chi connectivity index (χ2v) is 4.68. The van der Waals surface area contributed by atoms with Crippen molar-refractivity contribution >= 4 is 11.9 Å². The lowest BCUT2D eigenvalue weighted by atomic mass is 10.1. The van der Waals surface area contributed by atoms with Gasteiger partial charge in [-0.1, -0.05) is 6.08 Å². The number of carboxylic acid groups (broad SMARTS) is 1. The molecule has 1 rings (SSSR count). The minimum Gasteiger partial charge on any atom is -0.497 e. The van der Waals surface area contributed by atoms with Crippen molar-refractivity contribution in [3.63, 3.8) is 0 Å². The number of hydrogen-bond donors (Lipinski definition) is 2. The fourth-order valence-corrected chi connectivity index (χ4v) is 1.98. The van der Waals surface area contributed by atoms with E-state index in [0.717, 1.165) is 0 Å². The van der Waals surface area contributed by atoms with Crippen molar-refractivity contribution in [2.45, 2.75) is 25.3 Å². The van der Waals surface area contributed by atoms with E-state index >= 15 is 0 Å². The molecule has 0 aliphatic heterocycles. The first-order valence-electron chi connectivity index (χ1n) is 6.85. The van der Waals surface area contributed by atoms with Gasteiger partial charge in [-0.25, -0.2) is 4.79 Å². The summed E-state index contributed by atoms with van der Waals surface area (Å²) in [5, 5.41) is 11.6. The zero-order chi connectivity index (χ0) is 16.5. The average molecular weight is 307 g/mol. The van der Waals surface area contributed by atoms with Gasteiger partial charge in [0.15, 0.2) is 0 Å². The van der Waals surface area contributed by atoms with Crippen molar-refractivity contribution in [2.24, 2.45) is 0 Å². The Kier molecular flexibility index (Phi) is 6.95. The van der Waals surface area contributed by atoms with Crippen LogP contribution in [0.25, 0.3) is 0 Å². The summed E-state index contributed by atoms with van der Waals surface area (Å²) in [5.41, 5.74) is 0.632. The standard InChI is InChI=1S/C16H21NO5/c1-4-5-6-13(16(19)20)17-15(18)10-11-9-12(21-2)7-8-14(11)22-3/h4,7-9,13H,1,5-6,10H2,2-3H3,(H,17,18)(H,19,20). The molecule has 1 unspecified atom stereocenters. The Bertz CT molecular complexity index is 541. The van der Waals surface area contributed by atoms with Gasteiger partial charge in [-0.3, -0.25) is 4.79 Å². The van der Waals surface area contributed by atoms with Gasteiger partial charge in [-0.05, 0) is 31.0 Å². The van der Waals surface area contributed by atoms with Crippen LogP contribution >= 0.6 is 0 Å². The molecule has 1 amide bonds. The third kappa shape index (κ3) is 5.12. The number of amides is 1. The monoisotopic (exact) mass is 307 g/mol. The lowest BCUT2D eigenvalue weighted by molar-refractivity contribution is -0.141. The molecule has 1 atom stereocenters. The zero-order valence-corrected chi connectivity index (χ0v) is 12.8. The molecule has 120 valence electrons. The summed E-state index contributed by atoms with van der Waals surface area (Å²) in [4.78, 5) is 23.2. The fraction of sp³-hybridized carbons (Fsp3) is 0.375. The molecule has 0 aromatic heterocycles. The first-order chi connectivity index (χ1) is 10.5. The Hall–Kier alpha value is -2.50. The Morgan fingerprint density at radius 3 is 2.64 bits per heavy atom. The topological polar surface area (TPSA) is 84.9 Å². The highest BCUT2D eigenvalue weighted by Gasteiger charge is 2.20. The van der Waals surface area contributed by atoms with Crippen LogP contribution in [-0.4, -0.2) is 37.2 Å². The Morgan fingerprint density at radius 1 is 1.36 bits per heavy atom. The van der Waals surface area contributed by atoms with E-state index in [0.29, 0.717) is 29.9 Å². The van der Waals surface area contributed by atoms with E-state index in [1.165, 1.54) is 14.2 Å². The van der Waals surface area contributed by atoms with Crippen LogP contribution in [0.3, 0.4) is 0 Å². The smallest absolute Gasteiger partial charge is 0.326 e. The molecule has 2 N–H and O–H groups in total. The average Bonchev–Trinajstić information content (AvgIpc) is 2.50. The van der Waals surface area contributed by atoms with Crippen molar-refractivity contribution in [1.82, 2.24) is 5.32 Å². The van der Waals surface area contributed by atoms with Gasteiger partial charge in [-0.15, -0.1) is 6.58 Å². The zero-order valence-electron chi connectivity index (χ0n) is 12.8. The van der Waals surface area contributed by atoms with Gasteiger partial charge < -0.3 is 19.9 Å². The summed E-state index contributed by atoms with van der Waals surface area (Å²) in [6.45, 7) is 3.54. The second kappa shape index (κ2) is 8.71. The number of allylic oxidation sites excluding steroid dienone is 1. The van der Waals surface area contributed by atoms with Crippen LogP contribution in [0.2, 0.25) is 0 Å². The first kappa shape index (κ1) is 17.6. The number of aliphatic carboxylic acids is 1. The lowest BCUT2D eigenvalue weighted by Gasteiger charge is -2.15. The van der Waals surface area contributed by atoms with Crippen molar-refractivity contribution in [2.75, 3.05) is 14.2 Å². The normalized spacial score (nSPS) is 11.4. The van der Waals surface area contributed by atoms with E-state index in [2.05, 4.69) is 11.9 Å². The van der Waals surface area contributed by atoms with Crippen LogP contribution in [0.15, 0.2) is 30.9 Å². The van der Waals surface area contributed by atoms with E-state index in [9.17, 15) is 9.59 Å². The number of carbonyl (C=O) groups is 2. The van der Waals surface area contributed by atoms with Gasteiger partial charge in [0.1, 0.15) is 17.5 Å². The first-order valence-corrected chi connectivity index (χ1v) is 6.85. The van der Waals surface area contributed by atoms with E-state index in [4.69, 9.17) is 14.6 Å². The Morgan fingerprint density at radius 2 is 2.09 bits per heavy atom. The number of benzene rings is 1. The summed E-state index contributed by atoms with van der Waals surface area (Å²) >= 11 is 0. The molecular weight excluding hydrogens is 286 g/mol. The third-order valence-electron chi connectivity index (χ3n) is 3.13. The van der Waals surface area contributed by atoms with Crippen LogP contribution < -0.4 is 14.8 Å². The number of carboxylic acids is 1. The van der Waals surface area contributed by atoms with Crippen LogP contribution in [-0.2, 0) is 16.0 Å². The molecule has 6 heteroatoms. The van der Waals surface area contributed by atoms with Gasteiger partial charge in [0.05, 0.1) is 20.6 Å². The maximum atomic E-state index is 12.1. The van der Waals surface area contributed by atoms with Crippen molar-refractivity contribution < 1.29 is 24.2 Å². The number of hydrogen-bond acceptors (Lipinski definition) is 4. The number of carbonyl (C=O) groups excluding carboxylic acids is 1. The highest BCUT2D eigenvalue weighted by molar-refractivity contribution is 5.85. The molecule has 6 nitrogen and oxygen atoms in total. The summed E-state index contributed by atoms with van der Waals surface area (Å²) < 4.78 is 10.3. The molecule has 0 fully saturated rings. The summed E-state index contributed by atoms with van der Waals surface area (Å²) in [6.07, 6.45) is 2.45. The van der Waals surface area contributed by atoms with Gasteiger partial charge in [0, 0.05) is 5.56 Å². The molecule has 1 aromatic rings. The number of methoxy groups -OCH3 is 2. The van der Waals surface area contributed by atoms with Gasteiger partial charge >= 0.3 is 5.97 Å².